The predicted octanol–water partition coefficient (Wildman–Crippen LogP) is 4.83. The van der Waals surface area contributed by atoms with Crippen molar-refractivity contribution in [1.29, 1.82) is 0 Å². The van der Waals surface area contributed by atoms with Gasteiger partial charge in [0.05, 0.1) is 16.6 Å². The zero-order chi connectivity index (χ0) is 49.1. The number of carbonyl (C=O) groups is 4. The Hall–Kier alpha value is -7.30. The van der Waals surface area contributed by atoms with E-state index in [1.54, 1.807) is 29.0 Å². The number of aryl methyl sites for hydroxylation is 1. The Kier molecular flexibility index (Phi) is 12.2. The number of urea groups is 1. The van der Waals surface area contributed by atoms with Crippen LogP contribution in [0.2, 0.25) is 0 Å². The molecule has 6 aromatic rings. The van der Waals surface area contributed by atoms with E-state index >= 15 is 4.39 Å². The van der Waals surface area contributed by atoms with Gasteiger partial charge in [0.25, 0.3) is 5.91 Å². The molecule has 1 aromatic carbocycles. The minimum absolute atomic E-state index is 0.0133. The van der Waals surface area contributed by atoms with Gasteiger partial charge in [0, 0.05) is 109 Å². The van der Waals surface area contributed by atoms with Crippen LogP contribution >= 0.6 is 0 Å². The SMILES string of the molecule is CC(C)n1nc(-c2noc(C3CC3)c2-c2ncc(C3CCN(C(=O)OCC(=O)N4CCC(CN5CCN(c6ccc7c(N8CCC(=O)NC8=O)nn(C)c7c6F)CC5)CC4)CC3)cn2)c2c(N)ncnc21. The molecular weight excluding hydrogens is 916 g/mol. The van der Waals surface area contributed by atoms with Crippen LogP contribution in [0.3, 0.4) is 0 Å². The standard InChI is InChI=1S/C48H57FN16O6/c1-27(2)65-46-37(43(50)53-26-54-46)39(56-65)40-36(42(71-58-40)30-4-5-30)44-51-22-31(23-52-44)29-10-15-63(16-11-29)48(69)70-25-35(67)62-13-8-28(9-14-62)24-60-18-20-61(21-19-60)33-7-6-32-41(38(33)49)59(3)57-45(32)64-17-12-34(66)55-47(64)68/h6-7,22-23,26-30H,4-5,8-21,24-25H2,1-3H3,(H2,50,53,54)(H,55,66,68). The van der Waals surface area contributed by atoms with Crippen LogP contribution in [0.5, 0.6) is 0 Å². The molecular formula is C48H57FN16O6. The average molecular weight is 973 g/mol. The van der Waals surface area contributed by atoms with Gasteiger partial charge in [-0.2, -0.15) is 10.2 Å². The number of hydrogen-bond donors (Lipinski definition) is 2. The van der Waals surface area contributed by atoms with E-state index in [1.165, 1.54) is 15.9 Å². The molecule has 372 valence electrons. The first-order valence-corrected chi connectivity index (χ1v) is 24.6. The third-order valence-corrected chi connectivity index (χ3v) is 14.7. The van der Waals surface area contributed by atoms with E-state index in [-0.39, 0.29) is 49.3 Å². The van der Waals surface area contributed by atoms with Crippen molar-refractivity contribution in [2.75, 3.05) is 87.6 Å². The molecule has 4 saturated heterocycles. The highest BCUT2D eigenvalue weighted by atomic mass is 19.1. The first-order chi connectivity index (χ1) is 34.4. The molecule has 9 heterocycles. The Morgan fingerprint density at radius 1 is 0.873 bits per heavy atom. The number of carbonyl (C=O) groups excluding carboxylic acids is 4. The normalized spacial score (nSPS) is 18.9. The van der Waals surface area contributed by atoms with Crippen LogP contribution < -0.4 is 20.9 Å². The van der Waals surface area contributed by atoms with Crippen molar-refractivity contribution in [3.63, 3.8) is 0 Å². The highest BCUT2D eigenvalue weighted by Gasteiger charge is 2.37. The Bertz CT molecular complexity index is 3020. The number of nitrogen functional groups attached to an aromatic ring is 1. The maximum absolute atomic E-state index is 16.1. The quantitative estimate of drug-likeness (QED) is 0.177. The molecule has 5 aromatic heterocycles. The second kappa shape index (κ2) is 18.8. The van der Waals surface area contributed by atoms with Crippen molar-refractivity contribution in [2.45, 2.75) is 76.7 Å². The van der Waals surface area contributed by atoms with Gasteiger partial charge in [0.2, 0.25) is 5.91 Å². The number of ether oxygens (including phenoxy) is 1. The molecule has 71 heavy (non-hydrogen) atoms. The van der Waals surface area contributed by atoms with Crippen molar-refractivity contribution in [3.8, 4) is 22.8 Å². The van der Waals surface area contributed by atoms with Crippen LogP contribution in [0.15, 0.2) is 35.4 Å². The summed E-state index contributed by atoms with van der Waals surface area (Å²) >= 11 is 0. The van der Waals surface area contributed by atoms with Crippen LogP contribution in [0.1, 0.15) is 88.0 Å². The summed E-state index contributed by atoms with van der Waals surface area (Å²) in [5, 5.41) is 17.2. The number of nitrogens with two attached hydrogens (primary N) is 1. The van der Waals surface area contributed by atoms with Crippen molar-refractivity contribution in [3.05, 3.63) is 48.0 Å². The zero-order valence-corrected chi connectivity index (χ0v) is 40.1. The molecule has 23 heteroatoms. The second-order valence-corrected chi connectivity index (χ2v) is 19.7. The summed E-state index contributed by atoms with van der Waals surface area (Å²) in [5.41, 5.74) is 10.5. The van der Waals surface area contributed by atoms with Gasteiger partial charge in [0.1, 0.15) is 29.0 Å². The predicted molar refractivity (Wildman–Crippen MR) is 258 cm³/mol. The Morgan fingerprint density at radius 3 is 2.31 bits per heavy atom. The van der Waals surface area contributed by atoms with Gasteiger partial charge in [-0.15, -0.1) is 0 Å². The Labute approximate surface area is 407 Å². The van der Waals surface area contributed by atoms with E-state index in [2.05, 4.69) is 30.4 Å². The number of likely N-dealkylation sites (tertiary alicyclic amines) is 2. The summed E-state index contributed by atoms with van der Waals surface area (Å²) in [6.07, 6.45) is 9.85. The van der Waals surface area contributed by atoms with E-state index in [1.807, 2.05) is 35.8 Å². The average Bonchev–Trinajstić information content (AvgIpc) is 3.85. The lowest BCUT2D eigenvalue weighted by Gasteiger charge is -2.39. The number of aromatic nitrogens is 9. The summed E-state index contributed by atoms with van der Waals surface area (Å²) in [6.45, 7) is 9.83. The number of imide groups is 1. The molecule has 5 aliphatic rings. The van der Waals surface area contributed by atoms with Crippen molar-refractivity contribution < 1.29 is 32.8 Å². The molecule has 22 nitrogen and oxygen atoms in total. The number of benzene rings is 1. The number of amides is 5. The van der Waals surface area contributed by atoms with Gasteiger partial charge in [0.15, 0.2) is 35.5 Å². The maximum Gasteiger partial charge on any atom is 0.410 e. The highest BCUT2D eigenvalue weighted by molar-refractivity contribution is 6.09. The molecule has 0 radical (unpaired) electrons. The van der Waals surface area contributed by atoms with E-state index in [0.717, 1.165) is 56.6 Å². The van der Waals surface area contributed by atoms with Crippen LogP contribution in [0, 0.1) is 11.7 Å². The van der Waals surface area contributed by atoms with Gasteiger partial charge in [-0.25, -0.2) is 38.6 Å². The first-order valence-electron chi connectivity index (χ1n) is 24.6. The fourth-order valence-corrected chi connectivity index (χ4v) is 10.6. The summed E-state index contributed by atoms with van der Waals surface area (Å²) in [4.78, 5) is 78.2. The molecule has 5 amide bonds. The fourth-order valence-electron chi connectivity index (χ4n) is 10.6. The van der Waals surface area contributed by atoms with Gasteiger partial charge >= 0.3 is 12.1 Å². The van der Waals surface area contributed by atoms with Gasteiger partial charge in [-0.3, -0.25) is 29.4 Å². The summed E-state index contributed by atoms with van der Waals surface area (Å²) in [6, 6.07) is 2.99. The summed E-state index contributed by atoms with van der Waals surface area (Å²) in [7, 11) is 1.65. The number of fused-ring (bicyclic) bond motifs is 2. The third kappa shape index (κ3) is 8.84. The maximum atomic E-state index is 16.1. The van der Waals surface area contributed by atoms with Gasteiger partial charge in [-0.1, -0.05) is 5.16 Å². The number of piperazine rings is 1. The Morgan fingerprint density at radius 2 is 1.61 bits per heavy atom. The number of nitrogens with one attached hydrogen (secondary N) is 1. The number of rotatable bonds is 11. The molecule has 1 saturated carbocycles. The van der Waals surface area contributed by atoms with E-state index in [9.17, 15) is 19.2 Å². The van der Waals surface area contributed by atoms with Gasteiger partial charge < -0.3 is 29.7 Å². The first kappa shape index (κ1) is 46.1. The van der Waals surface area contributed by atoms with E-state index < -0.39 is 17.9 Å². The van der Waals surface area contributed by atoms with Crippen LogP contribution in [0.25, 0.3) is 44.7 Å². The largest absolute Gasteiger partial charge is 0.439 e. The van der Waals surface area contributed by atoms with Crippen molar-refractivity contribution in [2.24, 2.45) is 13.0 Å². The Balaban J connectivity index is 0.629. The molecule has 0 unspecified atom stereocenters. The minimum Gasteiger partial charge on any atom is -0.439 e. The lowest BCUT2D eigenvalue weighted by atomic mass is 9.91. The zero-order valence-electron chi connectivity index (χ0n) is 40.1. The molecule has 1 aliphatic carbocycles. The van der Waals surface area contributed by atoms with Gasteiger partial charge in [-0.05, 0) is 81.9 Å². The monoisotopic (exact) mass is 972 g/mol. The number of hydrogen-bond acceptors (Lipinski definition) is 16. The van der Waals surface area contributed by atoms with E-state index in [4.69, 9.17) is 30.1 Å². The number of anilines is 3. The highest BCUT2D eigenvalue weighted by Crippen LogP contribution is 2.48. The lowest BCUT2D eigenvalue weighted by molar-refractivity contribution is -0.136. The summed E-state index contributed by atoms with van der Waals surface area (Å²) < 4.78 is 30.9. The summed E-state index contributed by atoms with van der Waals surface area (Å²) in [5.74, 6) is 1.70. The fraction of sp³-hybridized carbons (Fsp3) is 0.521. The topological polar surface area (TPSA) is 245 Å². The molecule has 11 rings (SSSR count). The number of nitrogens with zero attached hydrogens (tertiary/aromatic N) is 14. The second-order valence-electron chi connectivity index (χ2n) is 19.7. The van der Waals surface area contributed by atoms with Crippen LogP contribution in [-0.4, -0.2) is 155 Å². The van der Waals surface area contributed by atoms with Crippen LogP contribution in [0.4, 0.5) is 31.3 Å². The molecule has 3 N–H and O–H groups in total. The number of piperidine rings is 2. The molecule has 4 aliphatic heterocycles. The molecule has 0 bridgehead atoms. The van der Waals surface area contributed by atoms with Crippen molar-refractivity contribution in [1.82, 2.24) is 64.7 Å². The molecule has 0 spiro atoms. The van der Waals surface area contributed by atoms with Crippen molar-refractivity contribution >= 4 is 63.2 Å². The molecule has 0 atom stereocenters. The number of halogens is 1. The third-order valence-electron chi connectivity index (χ3n) is 14.7. The molecule has 5 fully saturated rings. The van der Waals surface area contributed by atoms with E-state index in [0.29, 0.717) is 120 Å². The minimum atomic E-state index is -0.562. The van der Waals surface area contributed by atoms with Crippen LogP contribution in [-0.2, 0) is 21.4 Å². The lowest BCUT2D eigenvalue weighted by Crippen LogP contribution is -2.50. The smallest absolute Gasteiger partial charge is 0.410 e.